The van der Waals surface area contributed by atoms with Gasteiger partial charge >= 0.3 is 0 Å². The Balaban J connectivity index is 1.67. The van der Waals surface area contributed by atoms with Gasteiger partial charge in [0.25, 0.3) is 0 Å². The number of hydrogen-bond donors (Lipinski definition) is 0. The average molecular weight is 414 g/mol. The van der Waals surface area contributed by atoms with Gasteiger partial charge in [-0.1, -0.05) is 36.0 Å². The summed E-state index contributed by atoms with van der Waals surface area (Å²) in [5.41, 5.74) is 0. The molecule has 0 aliphatic heterocycles. The largest absolute Gasteiger partial charge is 0.495 e. The molecule has 1 fully saturated rings. The summed E-state index contributed by atoms with van der Waals surface area (Å²) in [7, 11) is -0.814. The third-order valence-corrected chi connectivity index (χ3v) is 7.02. The second kappa shape index (κ2) is 8.58. The summed E-state index contributed by atoms with van der Waals surface area (Å²) >= 11 is 5.96. The van der Waals surface area contributed by atoms with Crippen molar-refractivity contribution in [1.82, 2.24) is 14.4 Å². The van der Waals surface area contributed by atoms with Crippen molar-refractivity contribution in [2.45, 2.75) is 49.3 Å². The highest BCUT2D eigenvalue weighted by atomic mass is 35.5. The van der Waals surface area contributed by atoms with E-state index in [1.54, 1.807) is 12.1 Å². The molecule has 0 saturated heterocycles. The molecule has 0 atom stereocenters. The molecule has 27 heavy (non-hydrogen) atoms. The molecule has 1 aliphatic carbocycles. The number of methoxy groups -OCH3 is 1. The fraction of sp³-hybridized carbons (Fsp3) is 0.556. The quantitative estimate of drug-likeness (QED) is 0.688. The first-order valence-electron chi connectivity index (χ1n) is 9.04. The number of halogens is 1. The van der Waals surface area contributed by atoms with E-state index in [1.165, 1.54) is 43.8 Å². The SMILES string of the molecule is COc1ccc(Cl)cc1S(=O)(=O)N(C)CCc1noc(C2CCCCC2)n1. The zero-order valence-electron chi connectivity index (χ0n) is 15.5. The lowest BCUT2D eigenvalue weighted by Gasteiger charge is -2.18. The summed E-state index contributed by atoms with van der Waals surface area (Å²) < 4.78 is 37.5. The summed E-state index contributed by atoms with van der Waals surface area (Å²) in [5.74, 6) is 1.78. The van der Waals surface area contributed by atoms with Crippen molar-refractivity contribution in [3.63, 3.8) is 0 Å². The van der Waals surface area contributed by atoms with Gasteiger partial charge in [-0.05, 0) is 31.0 Å². The minimum atomic E-state index is -3.75. The standard InChI is InChI=1S/C18H24ClN3O4S/c1-22(27(23,24)16-12-14(19)8-9-15(16)25-2)11-10-17-20-18(26-21-17)13-6-4-3-5-7-13/h8-9,12-13H,3-7,10-11H2,1-2H3. The van der Waals surface area contributed by atoms with Crippen LogP contribution >= 0.6 is 11.6 Å². The molecule has 7 nitrogen and oxygen atoms in total. The zero-order chi connectivity index (χ0) is 19.4. The normalized spacial score (nSPS) is 16.0. The lowest BCUT2D eigenvalue weighted by atomic mass is 9.89. The Kier molecular flexibility index (Phi) is 6.39. The highest BCUT2D eigenvalue weighted by Gasteiger charge is 2.26. The smallest absolute Gasteiger partial charge is 0.246 e. The Morgan fingerprint density at radius 1 is 1.30 bits per heavy atom. The Morgan fingerprint density at radius 3 is 2.74 bits per heavy atom. The average Bonchev–Trinajstić information content (AvgIpc) is 3.15. The molecule has 1 aromatic heterocycles. The molecule has 0 spiro atoms. The van der Waals surface area contributed by atoms with Crippen molar-refractivity contribution in [3.05, 3.63) is 34.9 Å². The maximum absolute atomic E-state index is 12.9. The molecule has 3 rings (SSSR count). The van der Waals surface area contributed by atoms with E-state index in [4.69, 9.17) is 20.9 Å². The molecule has 1 aromatic carbocycles. The van der Waals surface area contributed by atoms with Gasteiger partial charge in [0.05, 0.1) is 7.11 Å². The van der Waals surface area contributed by atoms with Crippen LogP contribution in [0.2, 0.25) is 5.02 Å². The molecule has 148 valence electrons. The van der Waals surface area contributed by atoms with Crippen LogP contribution in [0.1, 0.15) is 49.7 Å². The van der Waals surface area contributed by atoms with Gasteiger partial charge in [-0.25, -0.2) is 12.7 Å². The van der Waals surface area contributed by atoms with E-state index >= 15 is 0 Å². The summed E-state index contributed by atoms with van der Waals surface area (Å²) in [6.45, 7) is 0.224. The molecular weight excluding hydrogens is 390 g/mol. The fourth-order valence-electron chi connectivity index (χ4n) is 3.28. The summed E-state index contributed by atoms with van der Waals surface area (Å²) in [5, 5.41) is 4.34. The molecule has 0 radical (unpaired) electrons. The predicted octanol–water partition coefficient (Wildman–Crippen LogP) is 3.64. The minimum Gasteiger partial charge on any atom is -0.495 e. The van der Waals surface area contributed by atoms with Crippen molar-refractivity contribution in [1.29, 1.82) is 0 Å². The van der Waals surface area contributed by atoms with Crippen molar-refractivity contribution in [2.75, 3.05) is 20.7 Å². The number of likely N-dealkylation sites (N-methyl/N-ethyl adjacent to an activating group) is 1. The van der Waals surface area contributed by atoms with Gasteiger partial charge in [0.2, 0.25) is 15.9 Å². The maximum Gasteiger partial charge on any atom is 0.246 e. The zero-order valence-corrected chi connectivity index (χ0v) is 17.1. The van der Waals surface area contributed by atoms with Crippen LogP contribution in [0.3, 0.4) is 0 Å². The Labute approximate surface area is 164 Å². The van der Waals surface area contributed by atoms with Gasteiger partial charge < -0.3 is 9.26 Å². The number of benzene rings is 1. The number of sulfonamides is 1. The van der Waals surface area contributed by atoms with Crippen molar-refractivity contribution in [2.24, 2.45) is 0 Å². The van der Waals surface area contributed by atoms with Crippen LogP contribution in [0.5, 0.6) is 5.75 Å². The van der Waals surface area contributed by atoms with Gasteiger partial charge in [0.15, 0.2) is 5.82 Å². The molecule has 1 aliphatic rings. The van der Waals surface area contributed by atoms with Crippen molar-refractivity contribution < 1.29 is 17.7 Å². The van der Waals surface area contributed by atoms with E-state index in [9.17, 15) is 8.42 Å². The number of nitrogens with zero attached hydrogens (tertiary/aromatic N) is 3. The Bertz CT molecular complexity index is 878. The van der Waals surface area contributed by atoms with Gasteiger partial charge in [-0.2, -0.15) is 4.98 Å². The monoisotopic (exact) mass is 413 g/mol. The topological polar surface area (TPSA) is 85.5 Å². The number of rotatable bonds is 7. The van der Waals surface area contributed by atoms with Gasteiger partial charge in [0.1, 0.15) is 10.6 Å². The molecule has 0 amide bonds. The highest BCUT2D eigenvalue weighted by molar-refractivity contribution is 7.89. The minimum absolute atomic E-state index is 0.0380. The molecule has 1 heterocycles. The lowest BCUT2D eigenvalue weighted by molar-refractivity contribution is 0.311. The molecule has 0 N–H and O–H groups in total. The van der Waals surface area contributed by atoms with E-state index in [1.807, 2.05) is 0 Å². The van der Waals surface area contributed by atoms with E-state index in [0.717, 1.165) is 12.8 Å². The number of aromatic nitrogens is 2. The first-order valence-corrected chi connectivity index (χ1v) is 10.9. The van der Waals surface area contributed by atoms with Crippen LogP contribution in [0, 0.1) is 0 Å². The fourth-order valence-corrected chi connectivity index (χ4v) is 4.87. The lowest BCUT2D eigenvalue weighted by Crippen LogP contribution is -2.29. The van der Waals surface area contributed by atoms with E-state index in [0.29, 0.717) is 29.1 Å². The number of hydrogen-bond acceptors (Lipinski definition) is 6. The summed E-state index contributed by atoms with van der Waals surface area (Å²) in [6.07, 6.45) is 6.15. The molecule has 1 saturated carbocycles. The van der Waals surface area contributed by atoms with Gasteiger partial charge in [0, 0.05) is 31.0 Å². The second-order valence-electron chi connectivity index (χ2n) is 6.76. The highest BCUT2D eigenvalue weighted by Crippen LogP contribution is 2.32. The first kappa shape index (κ1) is 20.1. The molecule has 0 bridgehead atoms. The van der Waals surface area contributed by atoms with E-state index < -0.39 is 10.0 Å². The molecule has 0 unspecified atom stereocenters. The van der Waals surface area contributed by atoms with Crippen molar-refractivity contribution >= 4 is 21.6 Å². The molecular formula is C18H24ClN3O4S. The third-order valence-electron chi connectivity index (χ3n) is 4.90. The predicted molar refractivity (Wildman–Crippen MR) is 102 cm³/mol. The molecule has 9 heteroatoms. The summed E-state index contributed by atoms with van der Waals surface area (Å²) in [6, 6.07) is 4.52. The van der Waals surface area contributed by atoms with Crippen LogP contribution in [-0.2, 0) is 16.4 Å². The van der Waals surface area contributed by atoms with Crippen LogP contribution in [0.15, 0.2) is 27.6 Å². The van der Waals surface area contributed by atoms with Gasteiger partial charge in [-0.3, -0.25) is 0 Å². The van der Waals surface area contributed by atoms with Crippen LogP contribution in [0.25, 0.3) is 0 Å². The summed E-state index contributed by atoms with van der Waals surface area (Å²) in [4.78, 5) is 4.50. The van der Waals surface area contributed by atoms with Gasteiger partial charge in [-0.15, -0.1) is 0 Å². The van der Waals surface area contributed by atoms with Crippen LogP contribution in [0.4, 0.5) is 0 Å². The number of ether oxygens (including phenoxy) is 1. The van der Waals surface area contributed by atoms with Crippen molar-refractivity contribution in [3.8, 4) is 5.75 Å². The second-order valence-corrected chi connectivity index (χ2v) is 9.21. The molecule has 2 aromatic rings. The maximum atomic E-state index is 12.9. The van der Waals surface area contributed by atoms with E-state index in [-0.39, 0.29) is 17.2 Å². The van der Waals surface area contributed by atoms with Crippen LogP contribution < -0.4 is 4.74 Å². The van der Waals surface area contributed by atoms with Crippen LogP contribution in [-0.4, -0.2) is 43.6 Å². The first-order chi connectivity index (χ1) is 12.9. The Morgan fingerprint density at radius 2 is 2.04 bits per heavy atom. The Hall–Kier alpha value is -1.64. The third kappa shape index (κ3) is 4.62. The van der Waals surface area contributed by atoms with E-state index in [2.05, 4.69) is 10.1 Å².